The van der Waals surface area contributed by atoms with Crippen LogP contribution < -0.4 is 4.74 Å². The molecule has 1 aromatic rings. The Labute approximate surface area is 157 Å². The van der Waals surface area contributed by atoms with Crippen molar-refractivity contribution in [2.75, 3.05) is 26.8 Å². The lowest BCUT2D eigenvalue weighted by Gasteiger charge is -2.37. The molecule has 5 heteroatoms. The minimum atomic E-state index is -0.146. The first kappa shape index (κ1) is 20.5. The van der Waals surface area contributed by atoms with E-state index in [9.17, 15) is 5.11 Å². The molecule has 4 nitrogen and oxygen atoms in total. The van der Waals surface area contributed by atoms with Crippen LogP contribution in [0.5, 0.6) is 5.75 Å². The molecular weight excluding hydrogens is 339 g/mol. The van der Waals surface area contributed by atoms with Gasteiger partial charge in [-0.3, -0.25) is 4.90 Å². The van der Waals surface area contributed by atoms with Gasteiger partial charge in [-0.1, -0.05) is 25.0 Å². The first-order valence-electron chi connectivity index (χ1n) is 9.34. The molecule has 142 valence electrons. The summed E-state index contributed by atoms with van der Waals surface area (Å²) in [5.41, 5.74) is 2.43. The van der Waals surface area contributed by atoms with E-state index in [1.807, 2.05) is 0 Å². The molecular formula is C20H32ClNO3. The Balaban J connectivity index is 0.00000225. The molecule has 2 fully saturated rings. The van der Waals surface area contributed by atoms with Crippen LogP contribution in [0.3, 0.4) is 0 Å². The summed E-state index contributed by atoms with van der Waals surface area (Å²) in [6, 6.07) is 6.89. The Morgan fingerprint density at radius 2 is 2.00 bits per heavy atom. The van der Waals surface area contributed by atoms with Crippen LogP contribution in [0.25, 0.3) is 0 Å². The Hall–Kier alpha value is -0.810. The predicted octanol–water partition coefficient (Wildman–Crippen LogP) is 3.36. The molecule has 0 unspecified atom stereocenters. The number of likely N-dealkylation sites (tertiary alicyclic amines) is 1. The number of ether oxygens (including phenoxy) is 2. The molecule has 2 aliphatic rings. The highest BCUT2D eigenvalue weighted by Crippen LogP contribution is 2.28. The number of halogens is 1. The normalized spacial score (nSPS) is 27.1. The van der Waals surface area contributed by atoms with E-state index in [0.29, 0.717) is 12.1 Å². The molecule has 0 spiro atoms. The molecule has 3 atom stereocenters. The Bertz CT molecular complexity index is 540. The number of methoxy groups -OCH3 is 1. The van der Waals surface area contributed by atoms with E-state index < -0.39 is 0 Å². The number of β-amino-alcohol motifs (C(OH)–C–C–N with tert-alkyl or cyclic N) is 1. The van der Waals surface area contributed by atoms with Crippen molar-refractivity contribution in [1.82, 2.24) is 4.90 Å². The molecule has 1 aliphatic carbocycles. The zero-order valence-corrected chi connectivity index (χ0v) is 16.3. The zero-order chi connectivity index (χ0) is 16.9. The van der Waals surface area contributed by atoms with E-state index in [0.717, 1.165) is 44.7 Å². The van der Waals surface area contributed by atoms with Crippen molar-refractivity contribution in [1.29, 1.82) is 0 Å². The van der Waals surface area contributed by atoms with Gasteiger partial charge in [-0.05, 0) is 49.8 Å². The topological polar surface area (TPSA) is 41.9 Å². The molecule has 1 heterocycles. The van der Waals surface area contributed by atoms with E-state index in [-0.39, 0.29) is 18.5 Å². The molecule has 1 aromatic carbocycles. The monoisotopic (exact) mass is 370 g/mol. The molecule has 0 radical (unpaired) electrons. The molecule has 1 N–H and O–H groups in total. The summed E-state index contributed by atoms with van der Waals surface area (Å²) in [5, 5.41) is 9.82. The minimum Gasteiger partial charge on any atom is -0.496 e. The Morgan fingerprint density at radius 1 is 1.20 bits per heavy atom. The highest BCUT2D eigenvalue weighted by molar-refractivity contribution is 5.85. The van der Waals surface area contributed by atoms with Gasteiger partial charge in [0.1, 0.15) is 5.75 Å². The zero-order valence-electron chi connectivity index (χ0n) is 15.4. The standard InChI is InChI=1S/C20H31NO3.ClH/c1-15-7-8-16(13-20(15)23-2)10-12-24-19-6-4-3-5-18(19)21-11-9-17(22)14-21;/h7-8,13,17-19,22H,3-6,9-12,14H2,1-2H3;1H/t17-,18-,19-;/m1./s1/i2+1;. The van der Waals surface area contributed by atoms with E-state index in [4.69, 9.17) is 9.47 Å². The summed E-state index contributed by atoms with van der Waals surface area (Å²) in [5.74, 6) is 0.953. The van der Waals surface area contributed by atoms with Crippen molar-refractivity contribution in [3.63, 3.8) is 0 Å². The van der Waals surface area contributed by atoms with Gasteiger partial charge >= 0.3 is 0 Å². The Kier molecular flexibility index (Phi) is 8.01. The van der Waals surface area contributed by atoms with Gasteiger partial charge in [-0.2, -0.15) is 0 Å². The van der Waals surface area contributed by atoms with Gasteiger partial charge in [0.05, 0.1) is 25.9 Å². The van der Waals surface area contributed by atoms with Crippen LogP contribution in [0.1, 0.15) is 43.2 Å². The van der Waals surface area contributed by atoms with Gasteiger partial charge in [-0.15, -0.1) is 12.4 Å². The number of benzene rings is 1. The average Bonchev–Trinajstić information content (AvgIpc) is 3.03. The number of aliphatic hydroxyl groups is 1. The van der Waals surface area contributed by atoms with Crippen molar-refractivity contribution in [3.8, 4) is 5.75 Å². The number of hydrogen-bond acceptors (Lipinski definition) is 4. The largest absolute Gasteiger partial charge is 0.496 e. The molecule has 0 aromatic heterocycles. The van der Waals surface area contributed by atoms with Crippen molar-refractivity contribution in [2.24, 2.45) is 0 Å². The molecule has 1 saturated carbocycles. The summed E-state index contributed by atoms with van der Waals surface area (Å²) in [7, 11) is 1.72. The van der Waals surface area contributed by atoms with Crippen LogP contribution in [0.15, 0.2) is 18.2 Å². The van der Waals surface area contributed by atoms with Gasteiger partial charge in [0, 0.05) is 19.1 Å². The first-order chi connectivity index (χ1) is 11.7. The third-order valence-corrected chi connectivity index (χ3v) is 5.53. The van der Waals surface area contributed by atoms with Crippen LogP contribution in [0, 0.1) is 6.92 Å². The summed E-state index contributed by atoms with van der Waals surface area (Å²) < 4.78 is 11.7. The maximum atomic E-state index is 9.82. The summed E-state index contributed by atoms with van der Waals surface area (Å²) in [6.07, 6.45) is 6.89. The lowest BCUT2D eigenvalue weighted by Crippen LogP contribution is -2.46. The van der Waals surface area contributed by atoms with Crippen molar-refractivity contribution in [3.05, 3.63) is 29.3 Å². The third-order valence-electron chi connectivity index (χ3n) is 5.53. The minimum absolute atomic E-state index is 0. The second-order valence-corrected chi connectivity index (χ2v) is 7.25. The maximum Gasteiger partial charge on any atom is 0.122 e. The lowest BCUT2D eigenvalue weighted by atomic mass is 9.91. The second kappa shape index (κ2) is 9.77. The predicted molar refractivity (Wildman–Crippen MR) is 103 cm³/mol. The van der Waals surface area contributed by atoms with Gasteiger partial charge in [-0.25, -0.2) is 0 Å². The summed E-state index contributed by atoms with van der Waals surface area (Å²) in [6.45, 7) is 4.65. The van der Waals surface area contributed by atoms with Gasteiger partial charge in [0.2, 0.25) is 0 Å². The molecule has 3 rings (SSSR count). The molecule has 25 heavy (non-hydrogen) atoms. The number of aliphatic hydroxyl groups excluding tert-OH is 1. The van der Waals surface area contributed by atoms with E-state index in [2.05, 4.69) is 30.0 Å². The van der Waals surface area contributed by atoms with Gasteiger partial charge in [0.15, 0.2) is 0 Å². The van der Waals surface area contributed by atoms with Crippen LogP contribution >= 0.6 is 12.4 Å². The fourth-order valence-corrected chi connectivity index (χ4v) is 4.11. The third kappa shape index (κ3) is 5.33. The molecule has 0 bridgehead atoms. The number of aryl methyl sites for hydroxylation is 1. The van der Waals surface area contributed by atoms with Gasteiger partial charge in [0.25, 0.3) is 0 Å². The molecule has 1 saturated heterocycles. The van der Waals surface area contributed by atoms with Crippen LogP contribution in [0.4, 0.5) is 0 Å². The summed E-state index contributed by atoms with van der Waals surface area (Å²) in [4.78, 5) is 2.45. The van der Waals surface area contributed by atoms with Crippen molar-refractivity contribution < 1.29 is 14.6 Å². The maximum absolute atomic E-state index is 9.82. The highest BCUT2D eigenvalue weighted by atomic mass is 35.5. The van der Waals surface area contributed by atoms with E-state index in [1.165, 1.54) is 30.4 Å². The van der Waals surface area contributed by atoms with Crippen LogP contribution in [0.2, 0.25) is 0 Å². The van der Waals surface area contributed by atoms with Crippen LogP contribution in [-0.2, 0) is 11.2 Å². The lowest BCUT2D eigenvalue weighted by molar-refractivity contribution is -0.0316. The fraction of sp³-hybridized carbons (Fsp3) is 0.700. The summed E-state index contributed by atoms with van der Waals surface area (Å²) >= 11 is 0. The smallest absolute Gasteiger partial charge is 0.122 e. The first-order valence-corrected chi connectivity index (χ1v) is 9.34. The Morgan fingerprint density at radius 3 is 2.72 bits per heavy atom. The molecule has 0 amide bonds. The van der Waals surface area contributed by atoms with Gasteiger partial charge < -0.3 is 14.6 Å². The van der Waals surface area contributed by atoms with Crippen LogP contribution in [-0.4, -0.2) is 55.1 Å². The average molecular weight is 371 g/mol. The van der Waals surface area contributed by atoms with Crippen molar-refractivity contribution >= 4 is 12.4 Å². The highest BCUT2D eigenvalue weighted by Gasteiger charge is 2.34. The second-order valence-electron chi connectivity index (χ2n) is 7.25. The SMILES string of the molecule is Cc1ccc(CCO[C@@H]2CCCC[C@H]2N2CC[C@@H](O)C2)cc1O[13CH3].Cl. The van der Waals surface area contributed by atoms with E-state index in [1.54, 1.807) is 7.11 Å². The number of hydrogen-bond donors (Lipinski definition) is 1. The fourth-order valence-electron chi connectivity index (χ4n) is 4.11. The van der Waals surface area contributed by atoms with Crippen molar-refractivity contribution in [2.45, 2.75) is 63.7 Å². The van der Waals surface area contributed by atoms with E-state index >= 15 is 0 Å². The number of rotatable bonds is 6. The molecule has 1 aliphatic heterocycles. The quantitative estimate of drug-likeness (QED) is 0.779. The number of nitrogens with zero attached hydrogens (tertiary/aromatic N) is 1.